The standard InChI is InChI=1S/C16H12N4O3S/c21-14-3-1-2-11(8-14)9-17-19-16-18-15(10-24-16)12-4-6-13(7-5-12)20(22)23/h1-8,10,21H,9H2. The van der Waals surface area contributed by atoms with Gasteiger partial charge in [-0.15, -0.1) is 16.5 Å². The molecule has 0 unspecified atom stereocenters. The third-order valence-electron chi connectivity index (χ3n) is 3.19. The fraction of sp³-hybridized carbons (Fsp3) is 0.0625. The lowest BCUT2D eigenvalue weighted by molar-refractivity contribution is -0.384. The fourth-order valence-electron chi connectivity index (χ4n) is 2.03. The van der Waals surface area contributed by atoms with Crippen LogP contribution in [0.5, 0.6) is 5.75 Å². The minimum Gasteiger partial charge on any atom is -0.508 e. The maximum absolute atomic E-state index is 10.7. The van der Waals surface area contributed by atoms with Crippen LogP contribution in [0.2, 0.25) is 0 Å². The Morgan fingerprint density at radius 1 is 1.21 bits per heavy atom. The van der Waals surface area contributed by atoms with Crippen LogP contribution in [0.25, 0.3) is 11.3 Å². The lowest BCUT2D eigenvalue weighted by Crippen LogP contribution is -1.87. The number of phenols is 1. The molecular weight excluding hydrogens is 328 g/mol. The van der Waals surface area contributed by atoms with Crippen LogP contribution in [-0.2, 0) is 6.54 Å². The lowest BCUT2D eigenvalue weighted by Gasteiger charge is -1.96. The van der Waals surface area contributed by atoms with Crippen molar-refractivity contribution in [1.29, 1.82) is 0 Å². The van der Waals surface area contributed by atoms with Gasteiger partial charge in [-0.3, -0.25) is 10.1 Å². The molecule has 0 aliphatic heterocycles. The second-order valence-electron chi connectivity index (χ2n) is 4.89. The number of nitro benzene ring substituents is 1. The van der Waals surface area contributed by atoms with E-state index in [9.17, 15) is 15.2 Å². The van der Waals surface area contributed by atoms with Crippen LogP contribution in [0.15, 0.2) is 64.1 Å². The molecule has 0 fully saturated rings. The number of aromatic hydroxyl groups is 1. The second-order valence-corrected chi connectivity index (χ2v) is 5.73. The average molecular weight is 340 g/mol. The van der Waals surface area contributed by atoms with Crippen molar-refractivity contribution in [2.24, 2.45) is 10.2 Å². The number of thiazole rings is 1. The molecule has 120 valence electrons. The molecule has 0 aliphatic carbocycles. The Morgan fingerprint density at radius 2 is 2.00 bits per heavy atom. The van der Waals surface area contributed by atoms with Gasteiger partial charge in [0.15, 0.2) is 0 Å². The Hall–Kier alpha value is -3.13. The largest absolute Gasteiger partial charge is 0.508 e. The maximum atomic E-state index is 10.7. The van der Waals surface area contributed by atoms with Crippen molar-refractivity contribution in [3.05, 3.63) is 69.6 Å². The Balaban J connectivity index is 1.69. The highest BCUT2D eigenvalue weighted by atomic mass is 32.1. The summed E-state index contributed by atoms with van der Waals surface area (Å²) < 4.78 is 0. The summed E-state index contributed by atoms with van der Waals surface area (Å²) in [6.07, 6.45) is 0. The van der Waals surface area contributed by atoms with Gasteiger partial charge in [-0.2, -0.15) is 5.11 Å². The average Bonchev–Trinajstić information content (AvgIpc) is 3.04. The molecule has 7 nitrogen and oxygen atoms in total. The molecule has 0 spiro atoms. The number of hydrogen-bond donors (Lipinski definition) is 1. The predicted octanol–water partition coefficient (Wildman–Crippen LogP) is 4.71. The molecule has 0 amide bonds. The normalized spacial score (nSPS) is 11.0. The smallest absolute Gasteiger partial charge is 0.269 e. The van der Waals surface area contributed by atoms with Crippen molar-refractivity contribution >= 4 is 22.2 Å². The van der Waals surface area contributed by atoms with E-state index in [-0.39, 0.29) is 11.4 Å². The molecule has 0 bridgehead atoms. The van der Waals surface area contributed by atoms with E-state index >= 15 is 0 Å². The molecule has 0 atom stereocenters. The van der Waals surface area contributed by atoms with Crippen molar-refractivity contribution in [3.63, 3.8) is 0 Å². The molecule has 0 aliphatic rings. The minimum absolute atomic E-state index is 0.0417. The summed E-state index contributed by atoms with van der Waals surface area (Å²) in [6.45, 7) is 0.348. The zero-order valence-electron chi connectivity index (χ0n) is 12.4. The third-order valence-corrected chi connectivity index (χ3v) is 3.91. The molecule has 8 heteroatoms. The number of nitrogens with zero attached hydrogens (tertiary/aromatic N) is 4. The number of aromatic nitrogens is 1. The quantitative estimate of drug-likeness (QED) is 0.413. The Kier molecular flexibility index (Phi) is 4.57. The number of phenolic OH excluding ortho intramolecular Hbond substituents is 1. The predicted molar refractivity (Wildman–Crippen MR) is 90.5 cm³/mol. The lowest BCUT2D eigenvalue weighted by atomic mass is 10.1. The van der Waals surface area contributed by atoms with E-state index < -0.39 is 4.92 Å². The molecule has 2 aromatic carbocycles. The first-order valence-electron chi connectivity index (χ1n) is 6.97. The van der Waals surface area contributed by atoms with Gasteiger partial charge in [-0.05, 0) is 29.8 Å². The summed E-state index contributed by atoms with van der Waals surface area (Å²) >= 11 is 1.34. The fourth-order valence-corrected chi connectivity index (χ4v) is 2.69. The van der Waals surface area contributed by atoms with Crippen molar-refractivity contribution in [2.75, 3.05) is 0 Å². The number of azo groups is 1. The van der Waals surface area contributed by atoms with Gasteiger partial charge in [-0.1, -0.05) is 12.1 Å². The van der Waals surface area contributed by atoms with E-state index in [1.165, 1.54) is 23.5 Å². The summed E-state index contributed by atoms with van der Waals surface area (Å²) in [4.78, 5) is 14.6. The van der Waals surface area contributed by atoms with Crippen molar-refractivity contribution in [3.8, 4) is 17.0 Å². The summed E-state index contributed by atoms with van der Waals surface area (Å²) in [5.74, 6) is 0.192. The first-order valence-corrected chi connectivity index (χ1v) is 7.85. The Bertz CT molecular complexity index is 890. The molecular formula is C16H12N4O3S. The van der Waals surface area contributed by atoms with Crippen LogP contribution >= 0.6 is 11.3 Å². The van der Waals surface area contributed by atoms with Crippen molar-refractivity contribution in [1.82, 2.24) is 4.98 Å². The van der Waals surface area contributed by atoms with Gasteiger partial charge in [0.1, 0.15) is 5.75 Å². The van der Waals surface area contributed by atoms with Crippen LogP contribution in [0.4, 0.5) is 10.8 Å². The summed E-state index contributed by atoms with van der Waals surface area (Å²) in [6, 6.07) is 13.0. The monoisotopic (exact) mass is 340 g/mol. The topological polar surface area (TPSA) is 101 Å². The van der Waals surface area contributed by atoms with Gasteiger partial charge < -0.3 is 5.11 Å². The molecule has 0 radical (unpaired) electrons. The zero-order valence-corrected chi connectivity index (χ0v) is 13.2. The van der Waals surface area contributed by atoms with Gasteiger partial charge in [-0.25, -0.2) is 4.98 Å². The molecule has 24 heavy (non-hydrogen) atoms. The van der Waals surface area contributed by atoms with E-state index in [0.29, 0.717) is 17.4 Å². The van der Waals surface area contributed by atoms with Crippen LogP contribution in [0.1, 0.15) is 5.56 Å². The zero-order chi connectivity index (χ0) is 16.9. The minimum atomic E-state index is -0.439. The number of benzene rings is 2. The Labute approximate surface area is 141 Å². The van der Waals surface area contributed by atoms with Crippen LogP contribution in [0.3, 0.4) is 0 Å². The van der Waals surface area contributed by atoms with Crippen molar-refractivity contribution < 1.29 is 10.0 Å². The Morgan fingerprint density at radius 3 is 2.71 bits per heavy atom. The van der Waals surface area contributed by atoms with E-state index in [1.54, 1.807) is 30.3 Å². The van der Waals surface area contributed by atoms with Crippen LogP contribution in [-0.4, -0.2) is 15.0 Å². The van der Waals surface area contributed by atoms with Gasteiger partial charge in [0.05, 0.1) is 17.2 Å². The molecule has 3 aromatic rings. The van der Waals surface area contributed by atoms with E-state index in [4.69, 9.17) is 0 Å². The van der Waals surface area contributed by atoms with Gasteiger partial charge in [0.25, 0.3) is 5.69 Å². The summed E-state index contributed by atoms with van der Waals surface area (Å²) in [7, 11) is 0. The van der Waals surface area contributed by atoms with E-state index in [0.717, 1.165) is 11.1 Å². The SMILES string of the molecule is O=[N+]([O-])c1ccc(-c2csc(N=NCc3cccc(O)c3)n2)cc1. The van der Waals surface area contributed by atoms with E-state index in [1.807, 2.05) is 11.4 Å². The van der Waals surface area contributed by atoms with Crippen molar-refractivity contribution in [2.45, 2.75) is 6.54 Å². The van der Waals surface area contributed by atoms with Crippen LogP contribution < -0.4 is 0 Å². The molecule has 1 heterocycles. The molecule has 0 saturated carbocycles. The first-order chi connectivity index (χ1) is 11.6. The maximum Gasteiger partial charge on any atom is 0.269 e. The van der Waals surface area contributed by atoms with Gasteiger partial charge in [0.2, 0.25) is 5.13 Å². The highest BCUT2D eigenvalue weighted by Crippen LogP contribution is 2.28. The number of hydrogen-bond acceptors (Lipinski definition) is 7. The highest BCUT2D eigenvalue weighted by molar-refractivity contribution is 7.13. The number of nitro groups is 1. The molecule has 3 rings (SSSR count). The van der Waals surface area contributed by atoms with E-state index in [2.05, 4.69) is 15.2 Å². The second kappa shape index (κ2) is 6.97. The molecule has 0 saturated heterocycles. The number of rotatable bonds is 5. The number of non-ortho nitro benzene ring substituents is 1. The first kappa shape index (κ1) is 15.8. The summed E-state index contributed by atoms with van der Waals surface area (Å²) in [5, 5.41) is 30.5. The van der Waals surface area contributed by atoms with Gasteiger partial charge in [0, 0.05) is 23.1 Å². The molecule has 1 aromatic heterocycles. The van der Waals surface area contributed by atoms with Crippen LogP contribution in [0, 0.1) is 10.1 Å². The third kappa shape index (κ3) is 3.79. The van der Waals surface area contributed by atoms with Gasteiger partial charge >= 0.3 is 0 Å². The molecule has 1 N–H and O–H groups in total. The highest BCUT2D eigenvalue weighted by Gasteiger charge is 2.08. The summed E-state index contributed by atoms with van der Waals surface area (Å²) in [5.41, 5.74) is 2.37.